The Morgan fingerprint density at radius 2 is 2.14 bits per heavy atom. The van der Waals surface area contributed by atoms with Crippen molar-refractivity contribution in [3.8, 4) is 5.75 Å². The van der Waals surface area contributed by atoms with E-state index in [4.69, 9.17) is 9.84 Å². The average molecular weight is 297 g/mol. The second-order valence-electron chi connectivity index (χ2n) is 4.81. The highest BCUT2D eigenvalue weighted by Gasteiger charge is 2.09. The summed E-state index contributed by atoms with van der Waals surface area (Å²) in [7, 11) is 0. The van der Waals surface area contributed by atoms with Crippen molar-refractivity contribution in [2.75, 3.05) is 6.61 Å². The van der Waals surface area contributed by atoms with E-state index in [9.17, 15) is 14.0 Å². The molecule has 5 nitrogen and oxygen atoms in total. The van der Waals surface area contributed by atoms with Crippen LogP contribution in [0.2, 0.25) is 0 Å². The van der Waals surface area contributed by atoms with Gasteiger partial charge in [-0.1, -0.05) is 6.07 Å². The summed E-state index contributed by atoms with van der Waals surface area (Å²) in [6, 6.07) is 5.66. The van der Waals surface area contributed by atoms with Crippen molar-refractivity contribution in [2.45, 2.75) is 38.6 Å². The number of hydrogen-bond acceptors (Lipinski definition) is 3. The number of carboxylic acid groups (broad SMARTS) is 1. The van der Waals surface area contributed by atoms with E-state index in [0.717, 1.165) is 0 Å². The van der Waals surface area contributed by atoms with Gasteiger partial charge in [0.25, 0.3) is 0 Å². The molecule has 2 N–H and O–H groups in total. The van der Waals surface area contributed by atoms with E-state index in [1.807, 2.05) is 0 Å². The molecular formula is C15H20FNO4. The normalized spacial score (nSPS) is 11.7. The van der Waals surface area contributed by atoms with Gasteiger partial charge in [-0.3, -0.25) is 9.59 Å². The van der Waals surface area contributed by atoms with E-state index in [-0.39, 0.29) is 30.6 Å². The van der Waals surface area contributed by atoms with E-state index < -0.39 is 5.97 Å². The zero-order chi connectivity index (χ0) is 15.7. The quantitative estimate of drug-likeness (QED) is 0.686. The van der Waals surface area contributed by atoms with Crippen molar-refractivity contribution < 1.29 is 23.8 Å². The van der Waals surface area contributed by atoms with Gasteiger partial charge in [-0.15, -0.1) is 0 Å². The summed E-state index contributed by atoms with van der Waals surface area (Å²) >= 11 is 0. The number of amides is 1. The highest BCUT2D eigenvalue weighted by Crippen LogP contribution is 2.12. The predicted octanol–water partition coefficient (Wildman–Crippen LogP) is 2.35. The SMILES string of the molecule is CC(CCC(=O)O)NC(=O)CCCOc1cccc(F)c1. The summed E-state index contributed by atoms with van der Waals surface area (Å²) in [5.74, 6) is -0.946. The van der Waals surface area contributed by atoms with Crippen LogP contribution in [0.15, 0.2) is 24.3 Å². The van der Waals surface area contributed by atoms with Gasteiger partial charge in [0.05, 0.1) is 6.61 Å². The molecule has 21 heavy (non-hydrogen) atoms. The highest BCUT2D eigenvalue weighted by atomic mass is 19.1. The van der Waals surface area contributed by atoms with Crippen molar-refractivity contribution in [1.29, 1.82) is 0 Å². The Labute approximate surface area is 123 Å². The van der Waals surface area contributed by atoms with Crippen LogP contribution in [0.5, 0.6) is 5.75 Å². The van der Waals surface area contributed by atoms with Gasteiger partial charge in [0.15, 0.2) is 0 Å². The smallest absolute Gasteiger partial charge is 0.303 e. The van der Waals surface area contributed by atoms with Crippen molar-refractivity contribution in [2.24, 2.45) is 0 Å². The largest absolute Gasteiger partial charge is 0.493 e. The van der Waals surface area contributed by atoms with Crippen molar-refractivity contribution in [1.82, 2.24) is 5.32 Å². The lowest BCUT2D eigenvalue weighted by molar-refractivity contribution is -0.137. The molecule has 116 valence electrons. The van der Waals surface area contributed by atoms with E-state index in [1.54, 1.807) is 19.1 Å². The molecule has 1 atom stereocenters. The minimum absolute atomic E-state index is 0.0319. The van der Waals surface area contributed by atoms with Crippen LogP contribution in [0.25, 0.3) is 0 Å². The molecule has 0 bridgehead atoms. The van der Waals surface area contributed by atoms with Gasteiger partial charge in [-0.05, 0) is 31.9 Å². The van der Waals surface area contributed by atoms with Gasteiger partial charge < -0.3 is 15.2 Å². The van der Waals surface area contributed by atoms with Gasteiger partial charge in [0.2, 0.25) is 5.91 Å². The molecule has 1 amide bonds. The standard InChI is InChI=1S/C15H20FNO4/c1-11(7-8-15(19)20)17-14(18)6-3-9-21-13-5-2-4-12(16)10-13/h2,4-5,10-11H,3,6-9H2,1H3,(H,17,18)(H,19,20). The minimum atomic E-state index is -0.875. The first kappa shape index (κ1) is 16.9. The summed E-state index contributed by atoms with van der Waals surface area (Å²) in [5, 5.41) is 11.3. The van der Waals surface area contributed by atoms with Crippen LogP contribution in [0, 0.1) is 5.82 Å². The third-order valence-corrected chi connectivity index (χ3v) is 2.81. The molecule has 1 unspecified atom stereocenters. The Hall–Kier alpha value is -2.11. The van der Waals surface area contributed by atoms with Crippen LogP contribution < -0.4 is 10.1 Å². The molecule has 0 fully saturated rings. The summed E-state index contributed by atoms with van der Waals surface area (Å²) < 4.78 is 18.2. The summed E-state index contributed by atoms with van der Waals surface area (Å²) in [6.07, 6.45) is 1.23. The van der Waals surface area contributed by atoms with Crippen LogP contribution in [-0.2, 0) is 9.59 Å². The molecule has 0 aliphatic heterocycles. The highest BCUT2D eigenvalue weighted by molar-refractivity contribution is 5.76. The topological polar surface area (TPSA) is 75.6 Å². The predicted molar refractivity (Wildman–Crippen MR) is 75.6 cm³/mol. The number of nitrogens with one attached hydrogen (secondary N) is 1. The molecule has 0 spiro atoms. The van der Waals surface area contributed by atoms with Crippen LogP contribution >= 0.6 is 0 Å². The molecule has 1 aromatic rings. The maximum atomic E-state index is 12.9. The molecule has 0 aliphatic carbocycles. The zero-order valence-electron chi connectivity index (χ0n) is 12.0. The minimum Gasteiger partial charge on any atom is -0.493 e. The average Bonchev–Trinajstić information content (AvgIpc) is 2.41. The van der Waals surface area contributed by atoms with Gasteiger partial charge in [-0.2, -0.15) is 0 Å². The fraction of sp³-hybridized carbons (Fsp3) is 0.467. The number of aliphatic carboxylic acids is 1. The fourth-order valence-corrected chi connectivity index (χ4v) is 1.74. The lowest BCUT2D eigenvalue weighted by Gasteiger charge is -2.12. The molecular weight excluding hydrogens is 277 g/mol. The lowest BCUT2D eigenvalue weighted by Crippen LogP contribution is -2.32. The molecule has 1 aromatic carbocycles. The van der Waals surface area contributed by atoms with Crippen LogP contribution in [-0.4, -0.2) is 29.6 Å². The van der Waals surface area contributed by atoms with Crippen LogP contribution in [0.4, 0.5) is 4.39 Å². The molecule has 0 aliphatic rings. The molecule has 0 saturated heterocycles. The fourth-order valence-electron chi connectivity index (χ4n) is 1.74. The first-order chi connectivity index (χ1) is 9.97. The summed E-state index contributed by atoms with van der Waals surface area (Å²) in [4.78, 5) is 22.0. The third kappa shape index (κ3) is 7.91. The van der Waals surface area contributed by atoms with Crippen molar-refractivity contribution >= 4 is 11.9 Å². The molecule has 1 rings (SSSR count). The van der Waals surface area contributed by atoms with Gasteiger partial charge in [-0.25, -0.2) is 4.39 Å². The monoisotopic (exact) mass is 297 g/mol. The van der Waals surface area contributed by atoms with Crippen molar-refractivity contribution in [3.05, 3.63) is 30.1 Å². The Bertz CT molecular complexity index is 478. The summed E-state index contributed by atoms with van der Waals surface area (Å²) in [6.45, 7) is 2.09. The van der Waals surface area contributed by atoms with Gasteiger partial charge in [0, 0.05) is 24.9 Å². The van der Waals surface area contributed by atoms with E-state index in [2.05, 4.69) is 5.32 Å². The van der Waals surface area contributed by atoms with Crippen molar-refractivity contribution in [3.63, 3.8) is 0 Å². The number of carboxylic acids is 1. The second kappa shape index (κ2) is 8.94. The summed E-state index contributed by atoms with van der Waals surface area (Å²) in [5.41, 5.74) is 0. The first-order valence-electron chi connectivity index (χ1n) is 6.87. The van der Waals surface area contributed by atoms with E-state index >= 15 is 0 Å². The number of benzene rings is 1. The molecule has 0 saturated carbocycles. The molecule has 0 heterocycles. The molecule has 0 radical (unpaired) electrons. The molecule has 6 heteroatoms. The number of hydrogen-bond donors (Lipinski definition) is 2. The van der Waals surface area contributed by atoms with Crippen LogP contribution in [0.1, 0.15) is 32.6 Å². The number of rotatable bonds is 9. The number of carbonyl (C=O) groups excluding carboxylic acids is 1. The number of ether oxygens (including phenoxy) is 1. The van der Waals surface area contributed by atoms with Crippen LogP contribution in [0.3, 0.4) is 0 Å². The van der Waals surface area contributed by atoms with Gasteiger partial charge in [0.1, 0.15) is 11.6 Å². The zero-order valence-corrected chi connectivity index (χ0v) is 12.0. The molecule has 0 aromatic heterocycles. The van der Waals surface area contributed by atoms with Gasteiger partial charge >= 0.3 is 5.97 Å². The van der Waals surface area contributed by atoms with E-state index in [0.29, 0.717) is 25.2 Å². The Morgan fingerprint density at radius 1 is 1.38 bits per heavy atom. The second-order valence-corrected chi connectivity index (χ2v) is 4.81. The maximum Gasteiger partial charge on any atom is 0.303 e. The Kier molecular flexibility index (Phi) is 7.21. The maximum absolute atomic E-state index is 12.9. The number of halogens is 1. The Morgan fingerprint density at radius 3 is 2.81 bits per heavy atom. The number of carbonyl (C=O) groups is 2. The Balaban J connectivity index is 2.14. The first-order valence-corrected chi connectivity index (χ1v) is 6.87. The third-order valence-electron chi connectivity index (χ3n) is 2.81. The van der Waals surface area contributed by atoms with E-state index in [1.165, 1.54) is 12.1 Å². The lowest BCUT2D eigenvalue weighted by atomic mass is 10.2.